The Balaban J connectivity index is 0.000000192. The third kappa shape index (κ3) is 6.79. The van der Waals surface area contributed by atoms with E-state index in [0.29, 0.717) is 5.82 Å². The molecule has 0 fully saturated rings. The van der Waals surface area contributed by atoms with Gasteiger partial charge in [0, 0.05) is 38.2 Å². The molecule has 5 rings (SSSR count). The van der Waals surface area contributed by atoms with Gasteiger partial charge in [-0.1, -0.05) is 48.9 Å². The van der Waals surface area contributed by atoms with E-state index in [1.54, 1.807) is 12.4 Å². The van der Waals surface area contributed by atoms with Crippen molar-refractivity contribution in [3.05, 3.63) is 126 Å². The van der Waals surface area contributed by atoms with Gasteiger partial charge in [0.25, 0.3) is 0 Å². The molecule has 0 spiro atoms. The smallest absolute Gasteiger partial charge is 0.0748 e. The summed E-state index contributed by atoms with van der Waals surface area (Å²) in [6, 6.07) is 32.8. The van der Waals surface area contributed by atoms with E-state index in [1.165, 1.54) is 22.3 Å². The minimum absolute atomic E-state index is 0. The summed E-state index contributed by atoms with van der Waals surface area (Å²) >= 11 is 0. The van der Waals surface area contributed by atoms with Crippen LogP contribution in [0.4, 0.5) is 0 Å². The van der Waals surface area contributed by atoms with Crippen molar-refractivity contribution in [3.63, 3.8) is 0 Å². The quantitative estimate of drug-likeness (QED) is 0.195. The van der Waals surface area contributed by atoms with E-state index < -0.39 is 0 Å². The molecule has 0 bridgehead atoms. The zero-order valence-electron chi connectivity index (χ0n) is 20.3. The Bertz CT molecular complexity index is 1290. The summed E-state index contributed by atoms with van der Waals surface area (Å²) in [4.78, 5) is 13.1. The Morgan fingerprint density at radius 2 is 1.43 bits per heavy atom. The van der Waals surface area contributed by atoms with Crippen LogP contribution >= 0.6 is 0 Å². The fourth-order valence-corrected chi connectivity index (χ4v) is 3.54. The number of hydrogen-bond donors (Lipinski definition) is 0. The van der Waals surface area contributed by atoms with Crippen LogP contribution in [0.25, 0.3) is 33.8 Å². The topological polar surface area (TPSA) is 38.7 Å². The first-order chi connectivity index (χ1) is 16.5. The molecule has 3 nitrogen and oxygen atoms in total. The van der Waals surface area contributed by atoms with E-state index >= 15 is 0 Å². The first kappa shape index (κ1) is 26.1. The molecule has 5 aromatic rings. The van der Waals surface area contributed by atoms with Crippen molar-refractivity contribution in [2.75, 3.05) is 0 Å². The average molecular weight is 634 g/mol. The summed E-state index contributed by atoms with van der Waals surface area (Å²) in [5, 5.41) is 0. The normalized spacial score (nSPS) is 10.1. The molecular weight excluding hydrogens is 607 g/mol. The molecule has 3 aromatic carbocycles. The van der Waals surface area contributed by atoms with Gasteiger partial charge in [-0.05, 0) is 43.7 Å². The number of nitrogens with zero attached hydrogens (tertiary/aromatic N) is 3. The summed E-state index contributed by atoms with van der Waals surface area (Å²) in [7, 11) is 0. The number of pyridine rings is 1. The standard InChI is InChI=1S/C16H11N2.C15H16N.Ir/c1-2-6-13(7-3-1)14-8-4-9-15(12-14)16-17-10-5-11-18-16;1-10-5-7-14(8-6-10)15-9-11(2)12(3)13(4)16-15;/h1-8,10-12H;5-7,9H,1-4H3;/q2*-1;. The summed E-state index contributed by atoms with van der Waals surface area (Å²) in [5.74, 6) is 0.704. The summed E-state index contributed by atoms with van der Waals surface area (Å²) < 4.78 is 0. The van der Waals surface area contributed by atoms with E-state index in [4.69, 9.17) is 0 Å². The van der Waals surface area contributed by atoms with Crippen LogP contribution in [0.2, 0.25) is 0 Å². The van der Waals surface area contributed by atoms with Crippen LogP contribution in [0.15, 0.2) is 91.3 Å². The first-order valence-electron chi connectivity index (χ1n) is 11.3. The van der Waals surface area contributed by atoms with E-state index in [-0.39, 0.29) is 20.1 Å². The summed E-state index contributed by atoms with van der Waals surface area (Å²) in [5.41, 5.74) is 10.2. The van der Waals surface area contributed by atoms with E-state index in [1.807, 2.05) is 42.5 Å². The monoisotopic (exact) mass is 634 g/mol. The Labute approximate surface area is 221 Å². The summed E-state index contributed by atoms with van der Waals surface area (Å²) in [6.07, 6.45) is 3.48. The van der Waals surface area contributed by atoms with Crippen molar-refractivity contribution in [1.29, 1.82) is 0 Å². The second-order valence-corrected chi connectivity index (χ2v) is 8.24. The molecule has 0 saturated carbocycles. The van der Waals surface area contributed by atoms with Gasteiger partial charge in [-0.3, -0.25) is 9.97 Å². The molecule has 2 heterocycles. The van der Waals surface area contributed by atoms with Gasteiger partial charge in [0.1, 0.15) is 0 Å². The molecule has 0 aliphatic heterocycles. The Hall–Kier alpha value is -3.46. The van der Waals surface area contributed by atoms with E-state index in [0.717, 1.165) is 28.1 Å². The minimum atomic E-state index is 0. The largest absolute Gasteiger partial charge is 0.301 e. The SMILES string of the molecule is Cc1c[c-]c(-c2cc(C)c(C)c(C)n2)cc1.[Ir].[c-]1ccc(-c2ccccc2)cc1-c1ncccn1. The van der Waals surface area contributed by atoms with Crippen molar-refractivity contribution in [3.8, 4) is 33.8 Å². The van der Waals surface area contributed by atoms with Crippen molar-refractivity contribution in [1.82, 2.24) is 15.0 Å². The predicted octanol–water partition coefficient (Wildman–Crippen LogP) is 7.39. The van der Waals surface area contributed by atoms with E-state index in [2.05, 4.69) is 91.2 Å². The van der Waals surface area contributed by atoms with Crippen LogP contribution in [0.5, 0.6) is 0 Å². The molecule has 0 aliphatic carbocycles. The van der Waals surface area contributed by atoms with Gasteiger partial charge in [0.05, 0.1) is 5.82 Å². The number of aryl methyl sites for hydroxylation is 3. The Morgan fingerprint density at radius 3 is 2.09 bits per heavy atom. The van der Waals surface area contributed by atoms with Crippen LogP contribution < -0.4 is 0 Å². The maximum atomic E-state index is 4.60. The molecule has 0 amide bonds. The zero-order valence-corrected chi connectivity index (χ0v) is 22.7. The number of aromatic nitrogens is 3. The van der Waals surface area contributed by atoms with Crippen molar-refractivity contribution < 1.29 is 20.1 Å². The van der Waals surface area contributed by atoms with Crippen molar-refractivity contribution in [2.24, 2.45) is 0 Å². The van der Waals surface area contributed by atoms with Gasteiger partial charge < -0.3 is 4.98 Å². The number of rotatable bonds is 3. The van der Waals surface area contributed by atoms with Gasteiger partial charge >= 0.3 is 0 Å². The third-order valence-corrected chi connectivity index (χ3v) is 5.74. The molecule has 1 radical (unpaired) electrons. The first-order valence-corrected chi connectivity index (χ1v) is 11.3. The minimum Gasteiger partial charge on any atom is -0.301 e. The molecule has 0 unspecified atom stereocenters. The van der Waals surface area contributed by atoms with Crippen LogP contribution in [0, 0.1) is 39.8 Å². The fraction of sp³-hybridized carbons (Fsp3) is 0.129. The van der Waals surface area contributed by atoms with Crippen LogP contribution in [0.1, 0.15) is 22.4 Å². The second-order valence-electron chi connectivity index (χ2n) is 8.24. The van der Waals surface area contributed by atoms with Gasteiger partial charge in [-0.2, -0.15) is 0 Å². The number of benzene rings is 3. The van der Waals surface area contributed by atoms with Crippen molar-refractivity contribution in [2.45, 2.75) is 27.7 Å². The molecule has 4 heteroatoms. The Kier molecular flexibility index (Phi) is 9.19. The molecule has 0 atom stereocenters. The molecular formula is C31H27IrN3-2. The zero-order chi connectivity index (χ0) is 23.9. The Morgan fingerprint density at radius 1 is 0.686 bits per heavy atom. The van der Waals surface area contributed by atoms with Gasteiger partial charge in [-0.15, -0.1) is 70.8 Å². The molecule has 0 aliphatic rings. The summed E-state index contributed by atoms with van der Waals surface area (Å²) in [6.45, 7) is 8.36. The van der Waals surface area contributed by atoms with Gasteiger partial charge in [0.2, 0.25) is 0 Å². The maximum Gasteiger partial charge on any atom is 0.0748 e. The van der Waals surface area contributed by atoms with Gasteiger partial charge in [-0.25, -0.2) is 0 Å². The van der Waals surface area contributed by atoms with Crippen molar-refractivity contribution >= 4 is 0 Å². The average Bonchev–Trinajstić information content (AvgIpc) is 2.89. The number of hydrogen-bond acceptors (Lipinski definition) is 3. The predicted molar refractivity (Wildman–Crippen MR) is 139 cm³/mol. The van der Waals surface area contributed by atoms with Crippen LogP contribution in [0.3, 0.4) is 0 Å². The second kappa shape index (κ2) is 12.3. The van der Waals surface area contributed by atoms with Crippen LogP contribution in [-0.4, -0.2) is 15.0 Å². The fourth-order valence-electron chi connectivity index (χ4n) is 3.54. The van der Waals surface area contributed by atoms with E-state index in [9.17, 15) is 0 Å². The molecule has 0 N–H and O–H groups in total. The molecule has 2 aromatic heterocycles. The maximum absolute atomic E-state index is 4.60. The third-order valence-electron chi connectivity index (χ3n) is 5.74. The molecule has 0 saturated heterocycles. The van der Waals surface area contributed by atoms with Gasteiger partial charge in [0.15, 0.2) is 0 Å². The molecule has 35 heavy (non-hydrogen) atoms. The van der Waals surface area contributed by atoms with Crippen LogP contribution in [-0.2, 0) is 20.1 Å². The molecule has 177 valence electrons.